The third-order valence-corrected chi connectivity index (χ3v) is 4.94. The summed E-state index contributed by atoms with van der Waals surface area (Å²) in [5.41, 5.74) is 0.105. The first-order valence-electron chi connectivity index (χ1n) is 12.0. The number of ether oxygens (including phenoxy) is 3. The molecule has 14 nitrogen and oxygen atoms in total. The second-order valence-corrected chi connectivity index (χ2v) is 9.19. The van der Waals surface area contributed by atoms with E-state index < -0.39 is 35.9 Å². The highest BCUT2D eigenvalue weighted by molar-refractivity contribution is 5.97. The Morgan fingerprint density at radius 1 is 1.16 bits per heavy atom. The van der Waals surface area contributed by atoms with E-state index in [-0.39, 0.29) is 51.3 Å². The molecule has 2 rings (SSSR count). The Morgan fingerprint density at radius 3 is 2.59 bits per heavy atom. The van der Waals surface area contributed by atoms with Crippen molar-refractivity contribution in [1.82, 2.24) is 24.8 Å². The summed E-state index contributed by atoms with van der Waals surface area (Å²) in [7, 11) is 1.47. The van der Waals surface area contributed by atoms with Crippen LogP contribution in [-0.4, -0.2) is 86.3 Å². The van der Waals surface area contributed by atoms with Crippen LogP contribution in [0.15, 0.2) is 12.7 Å². The van der Waals surface area contributed by atoms with Crippen molar-refractivity contribution in [1.29, 1.82) is 0 Å². The van der Waals surface area contributed by atoms with Gasteiger partial charge in [-0.3, -0.25) is 14.2 Å². The molecule has 0 aliphatic rings. The highest BCUT2D eigenvalue weighted by Crippen LogP contribution is 2.24. The minimum Gasteiger partial charge on any atom is -0.466 e. The fourth-order valence-corrected chi connectivity index (χ4v) is 3.22. The molecule has 2 heterocycles. The van der Waals surface area contributed by atoms with Gasteiger partial charge in [-0.1, -0.05) is 0 Å². The molecule has 2 atom stereocenters. The van der Waals surface area contributed by atoms with Gasteiger partial charge in [-0.2, -0.15) is 0 Å². The summed E-state index contributed by atoms with van der Waals surface area (Å²) in [6.07, 6.45) is 1.33. The molecule has 0 bridgehead atoms. The molecule has 2 aromatic rings. The second kappa shape index (κ2) is 14.4. The lowest BCUT2D eigenvalue weighted by atomic mass is 10.2. The summed E-state index contributed by atoms with van der Waals surface area (Å²) in [6.45, 7) is 5.50. The number of alkyl carbamates (subject to hydrolysis) is 1. The lowest BCUT2D eigenvalue weighted by molar-refractivity contribution is -0.144. The van der Waals surface area contributed by atoms with E-state index in [9.17, 15) is 19.5 Å². The fraction of sp³-hybridized carbons (Fsp3) is 0.652. The third kappa shape index (κ3) is 10.3. The first kappa shape index (κ1) is 29.9. The third-order valence-electron chi connectivity index (χ3n) is 4.94. The van der Waals surface area contributed by atoms with E-state index in [4.69, 9.17) is 19.3 Å². The van der Waals surface area contributed by atoms with Crippen LogP contribution in [0.1, 0.15) is 59.1 Å². The van der Waals surface area contributed by atoms with E-state index in [1.165, 1.54) is 19.8 Å². The number of hydrogen-bond acceptors (Lipinski definition) is 11. The average Bonchev–Trinajstić information content (AvgIpc) is 3.25. The molecule has 0 unspecified atom stereocenters. The van der Waals surface area contributed by atoms with Gasteiger partial charge in [0.05, 0.1) is 25.5 Å². The predicted octanol–water partition coefficient (Wildman–Crippen LogP) is 1.28. The maximum atomic E-state index is 12.4. The van der Waals surface area contributed by atoms with E-state index in [0.29, 0.717) is 17.6 Å². The van der Waals surface area contributed by atoms with Crippen molar-refractivity contribution in [2.75, 3.05) is 32.2 Å². The van der Waals surface area contributed by atoms with Crippen molar-refractivity contribution in [2.24, 2.45) is 0 Å². The molecule has 2 aromatic heterocycles. The number of aromatic nitrogens is 4. The van der Waals surface area contributed by atoms with Crippen molar-refractivity contribution in [3.8, 4) is 0 Å². The quantitative estimate of drug-likeness (QED) is 0.206. The van der Waals surface area contributed by atoms with Crippen LogP contribution in [0.4, 0.5) is 10.6 Å². The Labute approximate surface area is 214 Å². The van der Waals surface area contributed by atoms with Gasteiger partial charge in [-0.05, 0) is 33.6 Å². The molecule has 4 N–H and O–H groups in total. The lowest BCUT2D eigenvalue weighted by Gasteiger charge is -2.20. The van der Waals surface area contributed by atoms with Crippen LogP contribution in [0.25, 0.3) is 11.2 Å². The van der Waals surface area contributed by atoms with Gasteiger partial charge in [0.25, 0.3) is 0 Å². The summed E-state index contributed by atoms with van der Waals surface area (Å²) in [4.78, 5) is 48.4. The first-order chi connectivity index (χ1) is 17.5. The van der Waals surface area contributed by atoms with Crippen molar-refractivity contribution in [2.45, 2.75) is 70.8 Å². The van der Waals surface area contributed by atoms with Gasteiger partial charge in [0.2, 0.25) is 5.91 Å². The molecule has 0 radical (unpaired) electrons. The number of carbonyl (C=O) groups is 3. The number of imidazole rings is 1. The van der Waals surface area contributed by atoms with Gasteiger partial charge in [-0.15, -0.1) is 0 Å². The van der Waals surface area contributed by atoms with Gasteiger partial charge in [-0.25, -0.2) is 19.7 Å². The summed E-state index contributed by atoms with van der Waals surface area (Å²) in [5, 5.41) is 24.2. The van der Waals surface area contributed by atoms with Gasteiger partial charge >= 0.3 is 12.1 Å². The number of carbonyl (C=O) groups excluding carboxylic acids is 3. The molecule has 0 saturated heterocycles. The topological polar surface area (TPSA) is 187 Å². The lowest BCUT2D eigenvalue weighted by Crippen LogP contribution is -2.33. The number of esters is 1. The summed E-state index contributed by atoms with van der Waals surface area (Å²) in [5.74, 6) is -0.838. The summed E-state index contributed by atoms with van der Waals surface area (Å²) in [6, 6.07) is 0. The van der Waals surface area contributed by atoms with E-state index in [1.807, 2.05) is 0 Å². The summed E-state index contributed by atoms with van der Waals surface area (Å²) >= 11 is 0. The van der Waals surface area contributed by atoms with E-state index >= 15 is 0 Å². The number of fused-ring (bicyclic) bond motifs is 1. The van der Waals surface area contributed by atoms with Crippen LogP contribution in [0, 0.1) is 0 Å². The number of nitrogens with zero attached hydrogens (tertiary/aromatic N) is 4. The molecular formula is C23H36N6O8. The van der Waals surface area contributed by atoms with Crippen molar-refractivity contribution in [3.63, 3.8) is 0 Å². The minimum absolute atomic E-state index is 0.0912. The van der Waals surface area contributed by atoms with Crippen LogP contribution in [0.3, 0.4) is 0 Å². The summed E-state index contributed by atoms with van der Waals surface area (Å²) < 4.78 is 17.2. The second-order valence-electron chi connectivity index (χ2n) is 9.19. The largest absolute Gasteiger partial charge is 0.466 e. The molecule has 14 heteroatoms. The number of amides is 2. The Balaban J connectivity index is 1.81. The number of hydrogen-bond donors (Lipinski definition) is 4. The van der Waals surface area contributed by atoms with E-state index in [1.54, 1.807) is 25.3 Å². The highest BCUT2D eigenvalue weighted by Gasteiger charge is 2.21. The maximum absolute atomic E-state index is 12.4. The zero-order chi connectivity index (χ0) is 27.4. The van der Waals surface area contributed by atoms with Gasteiger partial charge < -0.3 is 35.1 Å². The normalized spacial score (nSPS) is 13.1. The van der Waals surface area contributed by atoms with Crippen LogP contribution in [-0.2, 0) is 23.8 Å². The molecule has 0 aliphatic heterocycles. The average molecular weight is 525 g/mol. The Hall–Kier alpha value is -3.36. The zero-order valence-corrected chi connectivity index (χ0v) is 21.6. The van der Waals surface area contributed by atoms with Gasteiger partial charge in [0.1, 0.15) is 18.2 Å². The number of aliphatic hydroxyl groups excluding tert-OH is 2. The van der Waals surface area contributed by atoms with Crippen LogP contribution in [0.5, 0.6) is 0 Å². The smallest absolute Gasteiger partial charge is 0.407 e. The Morgan fingerprint density at radius 2 is 1.92 bits per heavy atom. The first-order valence-corrected chi connectivity index (χ1v) is 12.0. The molecule has 0 saturated carbocycles. The molecule has 0 spiro atoms. The van der Waals surface area contributed by atoms with Crippen molar-refractivity contribution >= 4 is 35.0 Å². The SMILES string of the molecule is CO[C@H](C[C@@H](O)CCO)n1cnc2c(NC(=O)CCC(=O)OCCCNC(=O)OC(C)(C)C)ncnc21. The zero-order valence-electron chi connectivity index (χ0n) is 21.6. The van der Waals surface area contributed by atoms with Gasteiger partial charge in [0.15, 0.2) is 17.0 Å². The Bertz CT molecular complexity index is 1040. The molecule has 0 aliphatic carbocycles. The van der Waals surface area contributed by atoms with E-state index in [0.717, 1.165) is 0 Å². The number of anilines is 1. The van der Waals surface area contributed by atoms with E-state index in [2.05, 4.69) is 25.6 Å². The number of methoxy groups -OCH3 is 1. The number of aliphatic hydroxyl groups is 2. The minimum atomic E-state index is -0.783. The number of nitrogens with one attached hydrogen (secondary N) is 2. The predicted molar refractivity (Wildman–Crippen MR) is 131 cm³/mol. The van der Waals surface area contributed by atoms with Crippen LogP contribution >= 0.6 is 0 Å². The van der Waals surface area contributed by atoms with Crippen LogP contribution in [0.2, 0.25) is 0 Å². The monoisotopic (exact) mass is 524 g/mol. The maximum Gasteiger partial charge on any atom is 0.407 e. The molecule has 206 valence electrons. The highest BCUT2D eigenvalue weighted by atomic mass is 16.6. The molecule has 2 amide bonds. The Kier molecular flexibility index (Phi) is 11.6. The molecule has 0 fully saturated rings. The molecular weight excluding hydrogens is 488 g/mol. The van der Waals surface area contributed by atoms with Gasteiger partial charge in [0, 0.05) is 33.1 Å². The van der Waals surface area contributed by atoms with Crippen LogP contribution < -0.4 is 10.6 Å². The molecule has 0 aromatic carbocycles. The fourth-order valence-electron chi connectivity index (χ4n) is 3.22. The molecule has 37 heavy (non-hydrogen) atoms. The number of rotatable bonds is 14. The van der Waals surface area contributed by atoms with Crippen molar-refractivity contribution in [3.05, 3.63) is 12.7 Å². The standard InChI is InChI=1S/C23H36N6O8/c1-23(2,3)37-22(34)24-9-5-11-36-18(33)7-6-16(32)28-20-19-21(26-13-25-20)29(14-27-19)17(35-4)12-15(31)8-10-30/h13-15,17,30-31H,5-12H2,1-4H3,(H,24,34)(H,25,26,28,32)/t15-,17+/m0/s1. The van der Waals surface area contributed by atoms with Crippen molar-refractivity contribution < 1.29 is 38.8 Å².